The van der Waals surface area contributed by atoms with Crippen molar-refractivity contribution in [2.24, 2.45) is 5.10 Å². The molecule has 0 N–H and O–H groups in total. The molecule has 0 saturated carbocycles. The Morgan fingerprint density at radius 3 is 2.67 bits per heavy atom. The molecule has 0 aliphatic rings. The third-order valence-electron chi connectivity index (χ3n) is 2.74. The van der Waals surface area contributed by atoms with Gasteiger partial charge < -0.3 is 9.47 Å². The molecule has 2 aromatic rings. The lowest BCUT2D eigenvalue weighted by Crippen LogP contribution is -1.99. The lowest BCUT2D eigenvalue weighted by molar-refractivity contribution is 0.354. The molecule has 6 nitrogen and oxygen atoms in total. The molecule has 0 fully saturated rings. The maximum atomic E-state index is 5.40. The van der Waals surface area contributed by atoms with Crippen LogP contribution < -0.4 is 9.47 Å². The van der Waals surface area contributed by atoms with Crippen LogP contribution in [0.15, 0.2) is 26.9 Å². The van der Waals surface area contributed by atoms with Crippen LogP contribution in [0.25, 0.3) is 0 Å². The predicted octanol–water partition coefficient (Wildman–Crippen LogP) is 2.97. The minimum Gasteiger partial charge on any atom is -0.493 e. The van der Waals surface area contributed by atoms with Crippen molar-refractivity contribution in [1.29, 1.82) is 0 Å². The Morgan fingerprint density at radius 1 is 1.29 bits per heavy atom. The van der Waals surface area contributed by atoms with Gasteiger partial charge in [0.15, 0.2) is 17.3 Å². The van der Waals surface area contributed by atoms with E-state index in [0.29, 0.717) is 11.5 Å². The first kappa shape index (κ1) is 15.8. The third kappa shape index (κ3) is 3.38. The van der Waals surface area contributed by atoms with Gasteiger partial charge in [0, 0.05) is 10.0 Å². The van der Waals surface area contributed by atoms with E-state index in [0.717, 1.165) is 21.0 Å². The summed E-state index contributed by atoms with van der Waals surface area (Å²) in [6.07, 6.45) is 3.63. The molecule has 0 bridgehead atoms. The second kappa shape index (κ2) is 6.95. The number of methoxy groups -OCH3 is 2. The molecular formula is C13H15BrN4O2S. The topological polar surface area (TPSA) is 61.5 Å². The molecule has 2 rings (SSSR count). The van der Waals surface area contributed by atoms with Gasteiger partial charge in [0.1, 0.15) is 0 Å². The Labute approximate surface area is 135 Å². The first-order chi connectivity index (χ1) is 10.1. The summed E-state index contributed by atoms with van der Waals surface area (Å²) in [6, 6.07) is 3.75. The highest BCUT2D eigenvalue weighted by atomic mass is 79.9. The van der Waals surface area contributed by atoms with E-state index in [-0.39, 0.29) is 0 Å². The highest BCUT2D eigenvalue weighted by Crippen LogP contribution is 2.33. The Bertz CT molecular complexity index is 672. The first-order valence-corrected chi connectivity index (χ1v) is 8.04. The largest absolute Gasteiger partial charge is 0.493 e. The van der Waals surface area contributed by atoms with Gasteiger partial charge in [-0.1, -0.05) is 27.7 Å². The Hall–Kier alpha value is -1.54. The fraction of sp³-hybridized carbons (Fsp3) is 0.308. The van der Waals surface area contributed by atoms with Crippen molar-refractivity contribution in [3.05, 3.63) is 28.0 Å². The minimum atomic E-state index is 0.626. The number of aryl methyl sites for hydroxylation is 1. The zero-order valence-corrected chi connectivity index (χ0v) is 14.5. The van der Waals surface area contributed by atoms with E-state index < -0.39 is 0 Å². The average Bonchev–Trinajstić information content (AvgIpc) is 2.84. The van der Waals surface area contributed by atoms with Gasteiger partial charge in [-0.3, -0.25) is 0 Å². The maximum absolute atomic E-state index is 5.40. The van der Waals surface area contributed by atoms with E-state index in [4.69, 9.17) is 9.47 Å². The summed E-state index contributed by atoms with van der Waals surface area (Å²) in [6.45, 7) is 1.85. The molecule has 0 radical (unpaired) electrons. The smallest absolute Gasteiger partial charge is 0.211 e. The molecular weight excluding hydrogens is 356 g/mol. The van der Waals surface area contributed by atoms with Gasteiger partial charge in [-0.2, -0.15) is 9.78 Å². The van der Waals surface area contributed by atoms with Crippen LogP contribution in [-0.4, -0.2) is 41.6 Å². The molecule has 0 atom stereocenters. The standard InChI is InChI=1S/C13H15BrN4O2S/c1-8-16-17-13(21-4)18(8)15-7-9-5-10(14)6-11(19-2)12(9)20-3/h5-7H,1-4H3/b15-7-. The maximum Gasteiger partial charge on any atom is 0.211 e. The zero-order chi connectivity index (χ0) is 15.4. The number of aromatic nitrogens is 3. The van der Waals surface area contributed by atoms with E-state index >= 15 is 0 Å². The molecule has 0 aliphatic heterocycles. The van der Waals surface area contributed by atoms with Gasteiger partial charge in [-0.25, -0.2) is 0 Å². The van der Waals surface area contributed by atoms with Crippen molar-refractivity contribution in [1.82, 2.24) is 14.9 Å². The van der Waals surface area contributed by atoms with E-state index in [1.807, 2.05) is 25.3 Å². The van der Waals surface area contributed by atoms with Crippen LogP contribution in [0.3, 0.4) is 0 Å². The third-order valence-corrected chi connectivity index (χ3v) is 3.81. The Balaban J connectivity index is 2.45. The molecule has 0 unspecified atom stereocenters. The van der Waals surface area contributed by atoms with Crippen molar-refractivity contribution < 1.29 is 9.47 Å². The summed E-state index contributed by atoms with van der Waals surface area (Å²) in [5.41, 5.74) is 0.795. The molecule has 8 heteroatoms. The Morgan fingerprint density at radius 2 is 2.05 bits per heavy atom. The van der Waals surface area contributed by atoms with Crippen molar-refractivity contribution in [2.45, 2.75) is 12.1 Å². The summed E-state index contributed by atoms with van der Waals surface area (Å²) < 4.78 is 13.3. The second-order valence-electron chi connectivity index (χ2n) is 4.02. The highest BCUT2D eigenvalue weighted by molar-refractivity contribution is 9.10. The SMILES string of the molecule is COc1cc(Br)cc(/C=N\n2c(C)nnc2SC)c1OC. The van der Waals surface area contributed by atoms with E-state index in [2.05, 4.69) is 31.2 Å². The lowest BCUT2D eigenvalue weighted by atomic mass is 10.2. The average molecular weight is 371 g/mol. The molecule has 0 amide bonds. The summed E-state index contributed by atoms with van der Waals surface area (Å²) >= 11 is 4.93. The quantitative estimate of drug-likeness (QED) is 0.597. The Kier molecular flexibility index (Phi) is 5.24. The van der Waals surface area contributed by atoms with Gasteiger partial charge in [0.05, 0.1) is 20.4 Å². The van der Waals surface area contributed by atoms with Crippen LogP contribution in [0.5, 0.6) is 11.5 Å². The molecule has 0 spiro atoms. The van der Waals surface area contributed by atoms with E-state index in [1.54, 1.807) is 25.1 Å². The van der Waals surface area contributed by atoms with Gasteiger partial charge in [-0.15, -0.1) is 10.2 Å². The van der Waals surface area contributed by atoms with Crippen LogP contribution in [0.1, 0.15) is 11.4 Å². The number of hydrogen-bond donors (Lipinski definition) is 0. The molecule has 1 heterocycles. The molecule has 0 aliphatic carbocycles. The van der Waals surface area contributed by atoms with Crippen LogP contribution >= 0.6 is 27.7 Å². The predicted molar refractivity (Wildman–Crippen MR) is 86.8 cm³/mol. The lowest BCUT2D eigenvalue weighted by Gasteiger charge is -2.11. The molecule has 1 aromatic heterocycles. The van der Waals surface area contributed by atoms with E-state index in [1.165, 1.54) is 11.8 Å². The van der Waals surface area contributed by atoms with Crippen LogP contribution in [0, 0.1) is 6.92 Å². The number of benzene rings is 1. The summed E-state index contributed by atoms with van der Waals surface area (Å²) in [7, 11) is 3.20. The van der Waals surface area contributed by atoms with Gasteiger partial charge >= 0.3 is 0 Å². The summed E-state index contributed by atoms with van der Waals surface area (Å²) in [4.78, 5) is 0. The fourth-order valence-corrected chi connectivity index (χ4v) is 2.70. The number of rotatable bonds is 5. The molecule has 21 heavy (non-hydrogen) atoms. The summed E-state index contributed by atoms with van der Waals surface area (Å²) in [5.74, 6) is 1.98. The zero-order valence-electron chi connectivity index (χ0n) is 12.1. The number of hydrogen-bond acceptors (Lipinski definition) is 6. The van der Waals surface area contributed by atoms with Gasteiger partial charge in [0.25, 0.3) is 0 Å². The minimum absolute atomic E-state index is 0.626. The molecule has 112 valence electrons. The van der Waals surface area contributed by atoms with Gasteiger partial charge in [0.2, 0.25) is 5.16 Å². The number of ether oxygens (including phenoxy) is 2. The number of halogens is 1. The van der Waals surface area contributed by atoms with Crippen molar-refractivity contribution in [3.8, 4) is 11.5 Å². The number of thioether (sulfide) groups is 1. The van der Waals surface area contributed by atoms with Crippen LogP contribution in [0.4, 0.5) is 0 Å². The number of nitrogens with zero attached hydrogens (tertiary/aromatic N) is 4. The first-order valence-electron chi connectivity index (χ1n) is 6.02. The van der Waals surface area contributed by atoms with Crippen molar-refractivity contribution in [2.75, 3.05) is 20.5 Å². The van der Waals surface area contributed by atoms with Crippen molar-refractivity contribution in [3.63, 3.8) is 0 Å². The normalized spacial score (nSPS) is 11.1. The highest BCUT2D eigenvalue weighted by Gasteiger charge is 2.11. The monoisotopic (exact) mass is 370 g/mol. The molecule has 0 saturated heterocycles. The summed E-state index contributed by atoms with van der Waals surface area (Å²) in [5, 5.41) is 13.2. The van der Waals surface area contributed by atoms with Gasteiger partial charge in [-0.05, 0) is 25.3 Å². The van der Waals surface area contributed by atoms with Crippen LogP contribution in [-0.2, 0) is 0 Å². The van der Waals surface area contributed by atoms with E-state index in [9.17, 15) is 0 Å². The fourth-order valence-electron chi connectivity index (χ4n) is 1.77. The molecule has 1 aromatic carbocycles. The van der Waals surface area contributed by atoms with Crippen LogP contribution in [0.2, 0.25) is 0 Å². The second-order valence-corrected chi connectivity index (χ2v) is 5.71. The van der Waals surface area contributed by atoms with Crippen molar-refractivity contribution >= 4 is 33.9 Å².